The third-order valence-corrected chi connectivity index (χ3v) is 9.12. The van der Waals surface area contributed by atoms with E-state index in [1.54, 1.807) is 6.07 Å². The van der Waals surface area contributed by atoms with E-state index in [0.717, 1.165) is 36.1 Å². The van der Waals surface area contributed by atoms with Gasteiger partial charge in [0.2, 0.25) is 17.7 Å². The van der Waals surface area contributed by atoms with Gasteiger partial charge in [0.15, 0.2) is 0 Å². The molecule has 8 heteroatoms. The van der Waals surface area contributed by atoms with Crippen LogP contribution in [-0.4, -0.2) is 60.9 Å². The van der Waals surface area contributed by atoms with Crippen molar-refractivity contribution in [1.29, 1.82) is 0 Å². The number of hydrogen-bond donors (Lipinski definition) is 2. The van der Waals surface area contributed by atoms with Crippen molar-refractivity contribution < 1.29 is 14.4 Å². The number of hydrogen-bond acceptors (Lipinski definition) is 4. The van der Waals surface area contributed by atoms with Crippen LogP contribution in [0.5, 0.6) is 0 Å². The Morgan fingerprint density at radius 1 is 1.05 bits per heavy atom. The van der Waals surface area contributed by atoms with Crippen molar-refractivity contribution in [3.8, 4) is 0 Å². The zero-order valence-corrected chi connectivity index (χ0v) is 23.8. The van der Waals surface area contributed by atoms with Gasteiger partial charge in [0.05, 0.1) is 5.41 Å². The van der Waals surface area contributed by atoms with E-state index in [0.29, 0.717) is 43.4 Å². The summed E-state index contributed by atoms with van der Waals surface area (Å²) in [5.41, 5.74) is 2.41. The van der Waals surface area contributed by atoms with Gasteiger partial charge >= 0.3 is 0 Å². The van der Waals surface area contributed by atoms with Crippen LogP contribution < -0.4 is 15.5 Å². The van der Waals surface area contributed by atoms with Crippen LogP contribution in [0.2, 0.25) is 5.02 Å². The van der Waals surface area contributed by atoms with Crippen LogP contribution >= 0.6 is 11.6 Å². The summed E-state index contributed by atoms with van der Waals surface area (Å²) < 4.78 is 0. The first-order valence-corrected chi connectivity index (χ1v) is 14.5. The summed E-state index contributed by atoms with van der Waals surface area (Å²) in [7, 11) is 1.93. The SMILES string of the molecule is CN[C@@H]1CC[C@H](C(=O)N[C@@H](Cc2cccc(Cl)c2)C(=O)N2CCC(N3C(=O)C(C)(C)c4ccccc43)CC2)C1. The number of carbonyl (C=O) groups is 3. The average molecular weight is 551 g/mol. The molecule has 2 fully saturated rings. The minimum atomic E-state index is -0.658. The largest absolute Gasteiger partial charge is 0.344 e. The molecule has 1 saturated heterocycles. The molecule has 3 aliphatic rings. The summed E-state index contributed by atoms with van der Waals surface area (Å²) in [5, 5.41) is 6.97. The lowest BCUT2D eigenvalue weighted by Gasteiger charge is -2.39. The third-order valence-electron chi connectivity index (χ3n) is 8.89. The molecule has 2 aliphatic heterocycles. The quantitative estimate of drug-likeness (QED) is 0.544. The molecule has 0 bridgehead atoms. The molecule has 0 radical (unpaired) electrons. The summed E-state index contributed by atoms with van der Waals surface area (Å²) in [6.07, 6.45) is 4.36. The lowest BCUT2D eigenvalue weighted by atomic mass is 9.86. The van der Waals surface area contributed by atoms with Gasteiger partial charge in [-0.3, -0.25) is 14.4 Å². The summed E-state index contributed by atoms with van der Waals surface area (Å²) in [6, 6.07) is 15.2. The normalized spacial score (nSPS) is 23.5. The van der Waals surface area contributed by atoms with Crippen LogP contribution in [-0.2, 0) is 26.2 Å². The number of halogens is 1. The van der Waals surface area contributed by atoms with Gasteiger partial charge < -0.3 is 20.4 Å². The smallest absolute Gasteiger partial charge is 0.245 e. The van der Waals surface area contributed by atoms with Crippen LogP contribution in [0.3, 0.4) is 0 Å². The summed E-state index contributed by atoms with van der Waals surface area (Å²) in [5.74, 6) is -0.0913. The number of amides is 3. The molecule has 2 heterocycles. The number of para-hydroxylation sites is 1. The summed E-state index contributed by atoms with van der Waals surface area (Å²) in [4.78, 5) is 44.3. The van der Waals surface area contributed by atoms with Crippen LogP contribution in [0, 0.1) is 5.92 Å². The van der Waals surface area contributed by atoms with E-state index in [1.807, 2.05) is 73.2 Å². The first-order chi connectivity index (χ1) is 18.7. The Morgan fingerprint density at radius 3 is 2.49 bits per heavy atom. The van der Waals surface area contributed by atoms with Crippen LogP contribution in [0.4, 0.5) is 5.69 Å². The topological polar surface area (TPSA) is 81.8 Å². The molecule has 39 heavy (non-hydrogen) atoms. The maximum atomic E-state index is 13.8. The van der Waals surface area contributed by atoms with E-state index in [9.17, 15) is 14.4 Å². The molecule has 0 aromatic heterocycles. The highest BCUT2D eigenvalue weighted by molar-refractivity contribution is 6.30. The molecule has 3 atom stereocenters. The molecule has 3 amide bonds. The monoisotopic (exact) mass is 550 g/mol. The van der Waals surface area contributed by atoms with Crippen molar-refractivity contribution in [2.24, 2.45) is 5.92 Å². The molecular formula is C31H39ClN4O3. The van der Waals surface area contributed by atoms with E-state index >= 15 is 0 Å². The van der Waals surface area contributed by atoms with E-state index in [-0.39, 0.29) is 29.7 Å². The molecule has 0 unspecified atom stereocenters. The molecule has 7 nitrogen and oxygen atoms in total. The van der Waals surface area contributed by atoms with Gasteiger partial charge in [-0.2, -0.15) is 0 Å². The van der Waals surface area contributed by atoms with Crippen molar-refractivity contribution >= 4 is 35.0 Å². The van der Waals surface area contributed by atoms with Gasteiger partial charge in [0.1, 0.15) is 6.04 Å². The Bertz CT molecular complexity index is 1240. The van der Waals surface area contributed by atoms with Crippen LogP contribution in [0.15, 0.2) is 48.5 Å². The zero-order chi connectivity index (χ0) is 27.7. The van der Waals surface area contributed by atoms with Crippen molar-refractivity contribution in [1.82, 2.24) is 15.5 Å². The van der Waals surface area contributed by atoms with Crippen LogP contribution in [0.1, 0.15) is 57.1 Å². The fraction of sp³-hybridized carbons (Fsp3) is 0.516. The number of likely N-dealkylation sites (tertiary alicyclic amines) is 1. The number of carbonyl (C=O) groups excluding carboxylic acids is 3. The highest BCUT2D eigenvalue weighted by Gasteiger charge is 2.47. The molecule has 2 aromatic rings. The Hall–Kier alpha value is -2.90. The highest BCUT2D eigenvalue weighted by atomic mass is 35.5. The van der Waals surface area contributed by atoms with E-state index in [2.05, 4.69) is 10.6 Å². The molecular weight excluding hydrogens is 512 g/mol. The predicted octanol–water partition coefficient (Wildman–Crippen LogP) is 4.07. The first-order valence-electron chi connectivity index (χ1n) is 14.1. The van der Waals surface area contributed by atoms with Gasteiger partial charge in [-0.05, 0) is 82.3 Å². The van der Waals surface area contributed by atoms with Crippen molar-refractivity contribution in [3.05, 3.63) is 64.7 Å². The standard InChI is InChI=1S/C31H39ClN4O3/c1-31(2)25-9-4-5-10-27(25)36(30(31)39)24-13-15-35(16-14-24)29(38)26(18-20-7-6-8-22(32)17-20)34-28(37)21-11-12-23(19-21)33-3/h4-10,17,21,23-24,26,33H,11-16,18-19H2,1-3H3,(H,34,37)/t21-,23+,26-/m0/s1. The molecule has 0 spiro atoms. The van der Waals surface area contributed by atoms with Gasteiger partial charge in [0, 0.05) is 48.2 Å². The number of nitrogens with zero attached hydrogens (tertiary/aromatic N) is 2. The zero-order valence-electron chi connectivity index (χ0n) is 23.1. The molecule has 1 aliphatic carbocycles. The summed E-state index contributed by atoms with van der Waals surface area (Å²) >= 11 is 6.22. The van der Waals surface area contributed by atoms with E-state index < -0.39 is 11.5 Å². The van der Waals surface area contributed by atoms with Crippen molar-refractivity contribution in [2.45, 2.75) is 75.9 Å². The van der Waals surface area contributed by atoms with Gasteiger partial charge in [-0.15, -0.1) is 0 Å². The Kier molecular flexibility index (Phi) is 8.01. The Labute approximate surface area is 236 Å². The number of benzene rings is 2. The van der Waals surface area contributed by atoms with Crippen molar-refractivity contribution in [3.63, 3.8) is 0 Å². The fourth-order valence-electron chi connectivity index (χ4n) is 6.54. The molecule has 208 valence electrons. The average Bonchev–Trinajstić information content (AvgIpc) is 3.49. The fourth-order valence-corrected chi connectivity index (χ4v) is 6.75. The second-order valence-electron chi connectivity index (χ2n) is 11.8. The Balaban J connectivity index is 1.28. The lowest BCUT2D eigenvalue weighted by molar-refractivity contribution is -0.138. The number of rotatable bonds is 7. The third kappa shape index (κ3) is 5.57. The Morgan fingerprint density at radius 2 is 1.79 bits per heavy atom. The minimum Gasteiger partial charge on any atom is -0.344 e. The predicted molar refractivity (Wildman–Crippen MR) is 154 cm³/mol. The lowest BCUT2D eigenvalue weighted by Crippen LogP contribution is -2.55. The van der Waals surface area contributed by atoms with Crippen LogP contribution in [0.25, 0.3) is 0 Å². The minimum absolute atomic E-state index is 0.0439. The number of anilines is 1. The van der Waals surface area contributed by atoms with Gasteiger partial charge in [-0.25, -0.2) is 0 Å². The number of fused-ring (bicyclic) bond motifs is 1. The molecule has 5 rings (SSSR count). The second kappa shape index (κ2) is 11.3. The van der Waals surface area contributed by atoms with E-state index in [4.69, 9.17) is 11.6 Å². The second-order valence-corrected chi connectivity index (χ2v) is 12.2. The molecule has 2 N–H and O–H groups in total. The number of piperidine rings is 1. The van der Waals surface area contributed by atoms with Gasteiger partial charge in [-0.1, -0.05) is 41.9 Å². The first kappa shape index (κ1) is 27.7. The van der Waals surface area contributed by atoms with Gasteiger partial charge in [0.25, 0.3) is 0 Å². The number of nitrogens with one attached hydrogen (secondary N) is 2. The molecule has 2 aromatic carbocycles. The maximum absolute atomic E-state index is 13.8. The highest BCUT2D eigenvalue weighted by Crippen LogP contribution is 2.43. The molecule has 1 saturated carbocycles. The van der Waals surface area contributed by atoms with E-state index in [1.165, 1.54) is 0 Å². The van der Waals surface area contributed by atoms with Crippen molar-refractivity contribution in [2.75, 3.05) is 25.0 Å². The summed E-state index contributed by atoms with van der Waals surface area (Å²) in [6.45, 7) is 5.06. The maximum Gasteiger partial charge on any atom is 0.245 e.